The van der Waals surface area contributed by atoms with Gasteiger partial charge in [0.25, 0.3) is 0 Å². The zero-order valence-corrected chi connectivity index (χ0v) is 21.5. The number of benzene rings is 2. The third kappa shape index (κ3) is 5.14. The van der Waals surface area contributed by atoms with E-state index < -0.39 is 0 Å². The van der Waals surface area contributed by atoms with Crippen molar-refractivity contribution in [2.45, 2.75) is 98.1 Å². The van der Waals surface area contributed by atoms with Gasteiger partial charge < -0.3 is 0 Å². The van der Waals surface area contributed by atoms with Crippen LogP contribution in [0.2, 0.25) is 0 Å². The summed E-state index contributed by atoms with van der Waals surface area (Å²) >= 11 is 0. The van der Waals surface area contributed by atoms with Crippen molar-refractivity contribution in [3.8, 4) is 11.1 Å². The van der Waals surface area contributed by atoms with Gasteiger partial charge in [-0.1, -0.05) is 91.8 Å². The van der Waals surface area contributed by atoms with Crippen molar-refractivity contribution in [3.63, 3.8) is 0 Å². The lowest BCUT2D eigenvalue weighted by Crippen LogP contribution is -2.42. The molecular formula is C30H45N. The topological polar surface area (TPSA) is 3.24 Å². The molecule has 0 bridgehead atoms. The Morgan fingerprint density at radius 2 is 1.42 bits per heavy atom. The average molecular weight is 420 g/mol. The number of nitrogens with zero attached hydrogens (tertiary/aromatic N) is 1. The standard InChI is InChI=1S/C28H39N.C2H6/c1-9-24-25-13-12-20(17-26(25)28(11-3)29(8)27(24)10-2)23-15-21(18(4)5)14-22(16-23)19(6)7;1-2/h11-19,24,27-28H,3,9-10H2,1-2,4-8H3;1-2H3. The minimum Gasteiger partial charge on any atom is -0.292 e. The molecule has 3 atom stereocenters. The van der Waals surface area contributed by atoms with Gasteiger partial charge in [-0.25, -0.2) is 0 Å². The smallest absolute Gasteiger partial charge is 0.0532 e. The quantitative estimate of drug-likeness (QED) is 0.422. The highest BCUT2D eigenvalue weighted by molar-refractivity contribution is 5.68. The van der Waals surface area contributed by atoms with Gasteiger partial charge in [0.05, 0.1) is 6.04 Å². The zero-order valence-electron chi connectivity index (χ0n) is 21.5. The van der Waals surface area contributed by atoms with Gasteiger partial charge in [0.1, 0.15) is 0 Å². The van der Waals surface area contributed by atoms with Crippen molar-refractivity contribution in [1.82, 2.24) is 4.90 Å². The van der Waals surface area contributed by atoms with E-state index >= 15 is 0 Å². The van der Waals surface area contributed by atoms with Gasteiger partial charge in [-0.3, -0.25) is 4.90 Å². The Morgan fingerprint density at radius 3 is 1.87 bits per heavy atom. The summed E-state index contributed by atoms with van der Waals surface area (Å²) in [7, 11) is 2.27. The number of fused-ring (bicyclic) bond motifs is 1. The maximum atomic E-state index is 4.19. The predicted octanol–water partition coefficient (Wildman–Crippen LogP) is 9.07. The van der Waals surface area contributed by atoms with E-state index in [9.17, 15) is 0 Å². The molecule has 0 aromatic heterocycles. The molecule has 2 aromatic rings. The molecule has 170 valence electrons. The largest absolute Gasteiger partial charge is 0.292 e. The van der Waals surface area contributed by atoms with Gasteiger partial charge >= 0.3 is 0 Å². The molecule has 1 heteroatoms. The first kappa shape index (κ1) is 25.4. The van der Waals surface area contributed by atoms with E-state index in [-0.39, 0.29) is 6.04 Å². The molecule has 0 spiro atoms. The number of hydrogen-bond donors (Lipinski definition) is 0. The first-order chi connectivity index (χ1) is 14.8. The molecule has 0 saturated heterocycles. The van der Waals surface area contributed by atoms with E-state index in [2.05, 4.69) is 103 Å². The summed E-state index contributed by atoms with van der Waals surface area (Å²) in [6, 6.07) is 15.2. The van der Waals surface area contributed by atoms with Crippen LogP contribution in [0.3, 0.4) is 0 Å². The van der Waals surface area contributed by atoms with Crippen molar-refractivity contribution in [2.24, 2.45) is 0 Å². The second kappa shape index (κ2) is 11.1. The Morgan fingerprint density at radius 1 is 0.839 bits per heavy atom. The number of likely N-dealkylation sites (N-methyl/N-ethyl adjacent to an activating group) is 1. The van der Waals surface area contributed by atoms with Crippen molar-refractivity contribution in [3.05, 3.63) is 71.3 Å². The lowest BCUT2D eigenvalue weighted by molar-refractivity contribution is 0.149. The Hall–Kier alpha value is -1.86. The maximum absolute atomic E-state index is 4.19. The second-order valence-corrected chi connectivity index (χ2v) is 9.38. The predicted molar refractivity (Wildman–Crippen MR) is 139 cm³/mol. The van der Waals surface area contributed by atoms with Crippen LogP contribution in [-0.2, 0) is 0 Å². The first-order valence-electron chi connectivity index (χ1n) is 12.5. The normalized spacial score (nSPS) is 20.9. The van der Waals surface area contributed by atoms with Crippen LogP contribution in [0.5, 0.6) is 0 Å². The fourth-order valence-electron chi connectivity index (χ4n) is 5.13. The highest BCUT2D eigenvalue weighted by Gasteiger charge is 2.35. The van der Waals surface area contributed by atoms with Crippen LogP contribution in [-0.4, -0.2) is 18.0 Å². The van der Waals surface area contributed by atoms with Crippen LogP contribution in [0.4, 0.5) is 0 Å². The molecular weight excluding hydrogens is 374 g/mol. The fraction of sp³-hybridized carbons (Fsp3) is 0.533. The Bertz CT molecular complexity index is 834. The minimum atomic E-state index is 0.288. The average Bonchev–Trinajstić information content (AvgIpc) is 2.78. The third-order valence-corrected chi connectivity index (χ3v) is 6.96. The molecule has 2 aromatic carbocycles. The van der Waals surface area contributed by atoms with Crippen molar-refractivity contribution >= 4 is 0 Å². The van der Waals surface area contributed by atoms with Crippen molar-refractivity contribution < 1.29 is 0 Å². The first-order valence-corrected chi connectivity index (χ1v) is 12.5. The molecule has 0 amide bonds. The van der Waals surface area contributed by atoms with Crippen LogP contribution in [0.1, 0.15) is 114 Å². The highest BCUT2D eigenvalue weighted by Crippen LogP contribution is 2.44. The molecule has 0 fully saturated rings. The fourth-order valence-corrected chi connectivity index (χ4v) is 5.13. The molecule has 3 unspecified atom stereocenters. The molecule has 0 radical (unpaired) electrons. The molecule has 0 aliphatic carbocycles. The molecule has 1 heterocycles. The van der Waals surface area contributed by atoms with E-state index in [1.807, 2.05) is 13.8 Å². The van der Waals surface area contributed by atoms with E-state index in [1.54, 1.807) is 0 Å². The van der Waals surface area contributed by atoms with E-state index in [1.165, 1.54) is 46.2 Å². The maximum Gasteiger partial charge on any atom is 0.0532 e. The summed E-state index contributed by atoms with van der Waals surface area (Å²) in [5, 5.41) is 0. The monoisotopic (exact) mass is 419 g/mol. The molecule has 1 aliphatic heterocycles. The van der Waals surface area contributed by atoms with Crippen LogP contribution in [0.15, 0.2) is 49.1 Å². The lowest BCUT2D eigenvalue weighted by Gasteiger charge is -2.44. The van der Waals surface area contributed by atoms with Crippen LogP contribution >= 0.6 is 0 Å². The summed E-state index contributed by atoms with van der Waals surface area (Å²) in [6.07, 6.45) is 4.48. The lowest BCUT2D eigenvalue weighted by atomic mass is 9.76. The van der Waals surface area contributed by atoms with Gasteiger partial charge in [-0.05, 0) is 77.1 Å². The minimum absolute atomic E-state index is 0.288. The molecule has 1 nitrogen and oxygen atoms in total. The third-order valence-electron chi connectivity index (χ3n) is 6.96. The summed E-state index contributed by atoms with van der Waals surface area (Å²) in [6.45, 7) is 22.0. The molecule has 0 N–H and O–H groups in total. The van der Waals surface area contributed by atoms with Gasteiger partial charge in [-0.15, -0.1) is 6.58 Å². The Labute approximate surface area is 192 Å². The summed E-state index contributed by atoms with van der Waals surface area (Å²) in [5.41, 5.74) is 8.50. The summed E-state index contributed by atoms with van der Waals surface area (Å²) in [5.74, 6) is 1.66. The second-order valence-electron chi connectivity index (χ2n) is 9.38. The zero-order chi connectivity index (χ0) is 23.3. The molecule has 0 saturated carbocycles. The Balaban J connectivity index is 0.00000166. The molecule has 3 rings (SSSR count). The van der Waals surface area contributed by atoms with Gasteiger partial charge in [-0.2, -0.15) is 0 Å². The summed E-state index contributed by atoms with van der Waals surface area (Å²) < 4.78 is 0. The number of rotatable bonds is 6. The highest BCUT2D eigenvalue weighted by atomic mass is 15.2. The van der Waals surface area contributed by atoms with Crippen LogP contribution in [0.25, 0.3) is 11.1 Å². The van der Waals surface area contributed by atoms with Gasteiger partial charge in [0.2, 0.25) is 0 Å². The van der Waals surface area contributed by atoms with Crippen LogP contribution in [0, 0.1) is 0 Å². The Kier molecular flexibility index (Phi) is 9.13. The van der Waals surface area contributed by atoms with Gasteiger partial charge in [0.15, 0.2) is 0 Å². The van der Waals surface area contributed by atoms with E-state index in [4.69, 9.17) is 0 Å². The summed E-state index contributed by atoms with van der Waals surface area (Å²) in [4.78, 5) is 2.54. The van der Waals surface area contributed by atoms with E-state index in [0.29, 0.717) is 23.8 Å². The van der Waals surface area contributed by atoms with Crippen LogP contribution < -0.4 is 0 Å². The molecule has 1 aliphatic rings. The van der Waals surface area contributed by atoms with Crippen molar-refractivity contribution in [2.75, 3.05) is 7.05 Å². The number of hydrogen-bond acceptors (Lipinski definition) is 1. The van der Waals surface area contributed by atoms with Crippen molar-refractivity contribution in [1.29, 1.82) is 0 Å². The molecule has 31 heavy (non-hydrogen) atoms. The van der Waals surface area contributed by atoms with Gasteiger partial charge in [0, 0.05) is 6.04 Å². The van der Waals surface area contributed by atoms with E-state index in [0.717, 1.165) is 0 Å². The SMILES string of the molecule is C=CC1c2cc(-c3cc(C(C)C)cc(C(C)C)c3)ccc2C(CC)C(CC)N1C.CC.